The molecule has 6 nitrogen and oxygen atoms in total. The largest absolute Gasteiger partial charge is 0.359 e. The summed E-state index contributed by atoms with van der Waals surface area (Å²) >= 11 is 0. The molecule has 0 spiro atoms. The van der Waals surface area contributed by atoms with Gasteiger partial charge in [-0.1, -0.05) is 12.1 Å². The Balaban J connectivity index is 1.64. The van der Waals surface area contributed by atoms with Crippen molar-refractivity contribution >= 4 is 11.8 Å². The lowest BCUT2D eigenvalue weighted by atomic mass is 10.2. The van der Waals surface area contributed by atoms with E-state index >= 15 is 0 Å². The molecule has 26 heavy (non-hydrogen) atoms. The molecule has 1 aromatic carbocycles. The van der Waals surface area contributed by atoms with Crippen molar-refractivity contribution in [2.24, 2.45) is 5.92 Å². The highest BCUT2D eigenvalue weighted by Gasteiger charge is 2.23. The van der Waals surface area contributed by atoms with Gasteiger partial charge in [-0.15, -0.1) is 0 Å². The molecule has 1 N–H and O–H groups in total. The first-order valence-corrected chi connectivity index (χ1v) is 8.85. The highest BCUT2D eigenvalue weighted by Crippen LogP contribution is 2.27. The number of rotatable bonds is 8. The number of benzene rings is 1. The summed E-state index contributed by atoms with van der Waals surface area (Å²) in [6.07, 6.45) is 3.07. The molecular weight excluding hydrogens is 337 g/mol. The first-order chi connectivity index (χ1) is 12.6. The van der Waals surface area contributed by atoms with Gasteiger partial charge in [0.15, 0.2) is 11.5 Å². The van der Waals surface area contributed by atoms with Crippen molar-refractivity contribution in [1.29, 1.82) is 0 Å². The van der Waals surface area contributed by atoms with E-state index in [4.69, 9.17) is 4.52 Å². The van der Waals surface area contributed by atoms with Crippen LogP contribution in [0.3, 0.4) is 0 Å². The minimum Gasteiger partial charge on any atom is -0.359 e. The number of nitrogens with zero attached hydrogens (tertiary/aromatic N) is 2. The van der Waals surface area contributed by atoms with Crippen molar-refractivity contribution < 1.29 is 18.5 Å². The predicted molar refractivity (Wildman–Crippen MR) is 93.0 cm³/mol. The van der Waals surface area contributed by atoms with Gasteiger partial charge in [0.25, 0.3) is 11.8 Å². The minimum atomic E-state index is -0.388. The van der Waals surface area contributed by atoms with Crippen LogP contribution in [0.1, 0.15) is 52.8 Å². The van der Waals surface area contributed by atoms with E-state index in [1.165, 1.54) is 24.3 Å². The highest BCUT2D eigenvalue weighted by atomic mass is 19.1. The van der Waals surface area contributed by atoms with Crippen LogP contribution in [0.2, 0.25) is 0 Å². The van der Waals surface area contributed by atoms with Crippen LogP contribution in [0.4, 0.5) is 4.39 Å². The Morgan fingerprint density at radius 3 is 2.69 bits per heavy atom. The number of hydrogen-bond donors (Lipinski definition) is 1. The van der Waals surface area contributed by atoms with Crippen molar-refractivity contribution in [2.75, 3.05) is 13.1 Å². The molecule has 2 amide bonds. The Bertz CT molecular complexity index is 769. The maximum Gasteiger partial charge on any atom is 0.273 e. The maximum atomic E-state index is 13.1. The zero-order valence-corrected chi connectivity index (χ0v) is 14.7. The van der Waals surface area contributed by atoms with Crippen molar-refractivity contribution in [3.05, 3.63) is 53.2 Å². The highest BCUT2D eigenvalue weighted by molar-refractivity contribution is 5.94. The van der Waals surface area contributed by atoms with E-state index in [2.05, 4.69) is 10.5 Å². The van der Waals surface area contributed by atoms with Crippen molar-refractivity contribution in [1.82, 2.24) is 15.4 Å². The summed E-state index contributed by atoms with van der Waals surface area (Å²) in [4.78, 5) is 26.3. The Labute approximate surface area is 151 Å². The molecule has 0 saturated heterocycles. The second kappa shape index (κ2) is 8.12. The number of carbonyl (C=O) groups excluding carboxylic acids is 2. The van der Waals surface area contributed by atoms with E-state index in [-0.39, 0.29) is 29.9 Å². The lowest BCUT2D eigenvalue weighted by molar-refractivity contribution is 0.0727. The third-order valence-electron chi connectivity index (χ3n) is 4.26. The minimum absolute atomic E-state index is 0.201. The molecule has 0 unspecified atom stereocenters. The molecule has 7 heteroatoms. The summed E-state index contributed by atoms with van der Waals surface area (Å²) in [5.41, 5.74) is 0.619. The number of amides is 2. The van der Waals surface area contributed by atoms with Gasteiger partial charge in [0.05, 0.1) is 6.54 Å². The SMILES string of the molecule is CCCN(Cc1cc(C(=O)NCC2CC2)no1)C(=O)c1ccc(F)cc1. The third kappa shape index (κ3) is 4.68. The van der Waals surface area contributed by atoms with Crippen molar-refractivity contribution in [3.63, 3.8) is 0 Å². The topological polar surface area (TPSA) is 75.4 Å². The quantitative estimate of drug-likeness (QED) is 0.786. The van der Waals surface area contributed by atoms with Crippen molar-refractivity contribution in [2.45, 2.75) is 32.7 Å². The smallest absolute Gasteiger partial charge is 0.273 e. The molecular formula is C19H22FN3O3. The predicted octanol–water partition coefficient (Wildman–Crippen LogP) is 3.01. The molecule has 2 aromatic rings. The fraction of sp³-hybridized carbons (Fsp3) is 0.421. The van der Waals surface area contributed by atoms with Crippen LogP contribution in [-0.2, 0) is 6.54 Å². The van der Waals surface area contributed by atoms with Gasteiger partial charge in [0, 0.05) is 24.7 Å². The van der Waals surface area contributed by atoms with Gasteiger partial charge in [0.2, 0.25) is 0 Å². The molecule has 0 radical (unpaired) electrons. The number of hydrogen-bond acceptors (Lipinski definition) is 4. The average Bonchev–Trinajstić information content (AvgIpc) is 3.36. The van der Waals surface area contributed by atoms with Crippen LogP contribution in [0.5, 0.6) is 0 Å². The van der Waals surface area contributed by atoms with E-state index in [0.717, 1.165) is 19.3 Å². The molecule has 0 atom stereocenters. The standard InChI is InChI=1S/C19H22FN3O3/c1-2-9-23(19(25)14-5-7-15(20)8-6-14)12-16-10-17(22-26-16)18(24)21-11-13-3-4-13/h5-8,10,13H,2-4,9,11-12H2,1H3,(H,21,24). The number of halogens is 1. The van der Waals surface area contributed by atoms with Crippen LogP contribution in [0.15, 0.2) is 34.9 Å². The maximum absolute atomic E-state index is 13.1. The average molecular weight is 359 g/mol. The second-order valence-corrected chi connectivity index (χ2v) is 6.57. The van der Waals surface area contributed by atoms with Gasteiger partial charge in [-0.2, -0.15) is 0 Å². The fourth-order valence-corrected chi connectivity index (χ4v) is 2.63. The van der Waals surface area contributed by atoms with Crippen LogP contribution in [0, 0.1) is 11.7 Å². The summed E-state index contributed by atoms with van der Waals surface area (Å²) in [6, 6.07) is 6.99. The van der Waals surface area contributed by atoms with E-state index in [0.29, 0.717) is 30.3 Å². The van der Waals surface area contributed by atoms with Gasteiger partial charge in [-0.05, 0) is 49.4 Å². The third-order valence-corrected chi connectivity index (χ3v) is 4.26. The summed E-state index contributed by atoms with van der Waals surface area (Å²) in [6.45, 7) is 3.33. The summed E-state index contributed by atoms with van der Waals surface area (Å²) in [5.74, 6) is 0.145. The zero-order valence-electron chi connectivity index (χ0n) is 14.7. The molecule has 1 aliphatic rings. The number of nitrogens with one attached hydrogen (secondary N) is 1. The van der Waals surface area contributed by atoms with Gasteiger partial charge in [-0.25, -0.2) is 4.39 Å². The monoisotopic (exact) mass is 359 g/mol. The fourth-order valence-electron chi connectivity index (χ4n) is 2.63. The molecule has 1 aromatic heterocycles. The van der Waals surface area contributed by atoms with Crippen LogP contribution >= 0.6 is 0 Å². The molecule has 0 aliphatic heterocycles. The van der Waals surface area contributed by atoms with Crippen LogP contribution in [0.25, 0.3) is 0 Å². The van der Waals surface area contributed by atoms with Crippen LogP contribution in [-0.4, -0.2) is 35.0 Å². The normalized spacial score (nSPS) is 13.5. The molecule has 1 aliphatic carbocycles. The lowest BCUT2D eigenvalue weighted by Crippen LogP contribution is -2.31. The van der Waals surface area contributed by atoms with E-state index in [1.807, 2.05) is 6.92 Å². The first kappa shape index (κ1) is 18.1. The first-order valence-electron chi connectivity index (χ1n) is 8.85. The summed E-state index contributed by atoms with van der Waals surface area (Å²) in [5, 5.41) is 6.63. The van der Waals surface area contributed by atoms with Gasteiger partial charge in [0.1, 0.15) is 5.82 Å². The van der Waals surface area contributed by atoms with Crippen molar-refractivity contribution in [3.8, 4) is 0 Å². The van der Waals surface area contributed by atoms with Gasteiger partial charge >= 0.3 is 0 Å². The van der Waals surface area contributed by atoms with E-state index in [9.17, 15) is 14.0 Å². The number of carbonyl (C=O) groups is 2. The molecule has 3 rings (SSSR count). The Morgan fingerprint density at radius 1 is 1.31 bits per heavy atom. The summed E-state index contributed by atoms with van der Waals surface area (Å²) in [7, 11) is 0. The Kier molecular flexibility index (Phi) is 5.65. The molecule has 1 heterocycles. The van der Waals surface area contributed by atoms with Gasteiger partial charge in [-0.3, -0.25) is 9.59 Å². The summed E-state index contributed by atoms with van der Waals surface area (Å²) < 4.78 is 18.3. The van der Waals surface area contributed by atoms with Crippen LogP contribution < -0.4 is 5.32 Å². The second-order valence-electron chi connectivity index (χ2n) is 6.57. The molecule has 138 valence electrons. The van der Waals surface area contributed by atoms with E-state index in [1.54, 1.807) is 11.0 Å². The zero-order chi connectivity index (χ0) is 18.5. The Hall–Kier alpha value is -2.70. The van der Waals surface area contributed by atoms with Gasteiger partial charge < -0.3 is 14.7 Å². The van der Waals surface area contributed by atoms with E-state index < -0.39 is 0 Å². The molecule has 1 fully saturated rings. The molecule has 0 bridgehead atoms. The molecule has 1 saturated carbocycles. The lowest BCUT2D eigenvalue weighted by Gasteiger charge is -2.20. The number of aromatic nitrogens is 1. The Morgan fingerprint density at radius 2 is 2.04 bits per heavy atom.